The van der Waals surface area contributed by atoms with E-state index in [-0.39, 0.29) is 6.03 Å². The van der Waals surface area contributed by atoms with Crippen LogP contribution in [0.3, 0.4) is 0 Å². The minimum absolute atomic E-state index is 0.0273. The van der Waals surface area contributed by atoms with Gasteiger partial charge in [0.05, 0.1) is 5.41 Å². The standard InChI is InChI=1S/C12H22N2O3/c1-4-5-12(10(15)16)6-8-14(9-7-12)11(17)13(2)3/h4-9H2,1-3H3,(H,15,16). The molecule has 0 atom stereocenters. The fourth-order valence-electron chi connectivity index (χ4n) is 2.46. The van der Waals surface area contributed by atoms with Gasteiger partial charge >= 0.3 is 12.0 Å². The second-order valence-corrected chi connectivity index (χ2v) is 5.00. The smallest absolute Gasteiger partial charge is 0.319 e. The van der Waals surface area contributed by atoms with Crippen LogP contribution in [0.25, 0.3) is 0 Å². The first-order chi connectivity index (χ1) is 7.93. The number of aliphatic carboxylic acids is 1. The van der Waals surface area contributed by atoms with Crippen LogP contribution < -0.4 is 0 Å². The molecule has 0 saturated carbocycles. The van der Waals surface area contributed by atoms with E-state index in [2.05, 4.69) is 0 Å². The Bertz CT molecular complexity index is 294. The number of hydrogen-bond donors (Lipinski definition) is 1. The maximum atomic E-state index is 11.7. The highest BCUT2D eigenvalue weighted by atomic mass is 16.4. The Kier molecular flexibility index (Phi) is 4.37. The van der Waals surface area contributed by atoms with Gasteiger partial charge in [-0.3, -0.25) is 4.79 Å². The van der Waals surface area contributed by atoms with E-state index in [4.69, 9.17) is 0 Å². The fraction of sp³-hybridized carbons (Fsp3) is 0.833. The van der Waals surface area contributed by atoms with E-state index in [0.717, 1.165) is 6.42 Å². The highest BCUT2D eigenvalue weighted by Crippen LogP contribution is 2.36. The summed E-state index contributed by atoms with van der Waals surface area (Å²) in [6.07, 6.45) is 2.70. The molecule has 1 fully saturated rings. The van der Waals surface area contributed by atoms with E-state index in [1.165, 1.54) is 4.90 Å². The lowest BCUT2D eigenvalue weighted by atomic mass is 9.75. The van der Waals surface area contributed by atoms with Crippen LogP contribution in [-0.4, -0.2) is 54.1 Å². The molecule has 0 aromatic carbocycles. The molecule has 1 saturated heterocycles. The van der Waals surface area contributed by atoms with Crippen LogP contribution in [0.2, 0.25) is 0 Å². The van der Waals surface area contributed by atoms with Crippen molar-refractivity contribution in [2.24, 2.45) is 5.41 Å². The van der Waals surface area contributed by atoms with Crippen LogP contribution in [0.15, 0.2) is 0 Å². The molecule has 1 N–H and O–H groups in total. The molecule has 0 unspecified atom stereocenters. The first-order valence-corrected chi connectivity index (χ1v) is 6.12. The van der Waals surface area contributed by atoms with Crippen molar-refractivity contribution < 1.29 is 14.7 Å². The lowest BCUT2D eigenvalue weighted by Crippen LogP contribution is -2.49. The molecule has 5 nitrogen and oxygen atoms in total. The molecule has 17 heavy (non-hydrogen) atoms. The second-order valence-electron chi connectivity index (χ2n) is 5.00. The van der Waals surface area contributed by atoms with Crippen LogP contribution in [0.5, 0.6) is 0 Å². The normalized spacial score (nSPS) is 18.9. The number of carboxylic acids is 1. The first kappa shape index (κ1) is 13.8. The Morgan fingerprint density at radius 3 is 2.18 bits per heavy atom. The zero-order valence-corrected chi connectivity index (χ0v) is 10.9. The van der Waals surface area contributed by atoms with Crippen molar-refractivity contribution in [2.45, 2.75) is 32.6 Å². The van der Waals surface area contributed by atoms with Gasteiger partial charge in [0.25, 0.3) is 0 Å². The Morgan fingerprint density at radius 1 is 1.29 bits per heavy atom. The maximum absolute atomic E-state index is 11.7. The van der Waals surface area contributed by atoms with E-state index in [9.17, 15) is 14.7 Å². The van der Waals surface area contributed by atoms with Crippen LogP contribution in [0, 0.1) is 5.41 Å². The topological polar surface area (TPSA) is 60.9 Å². The zero-order chi connectivity index (χ0) is 13.1. The summed E-state index contributed by atoms with van der Waals surface area (Å²) >= 11 is 0. The number of hydrogen-bond acceptors (Lipinski definition) is 2. The van der Waals surface area contributed by atoms with Crippen molar-refractivity contribution in [1.29, 1.82) is 0 Å². The van der Waals surface area contributed by atoms with Gasteiger partial charge in [0.15, 0.2) is 0 Å². The molecular formula is C12H22N2O3. The van der Waals surface area contributed by atoms with E-state index in [1.807, 2.05) is 6.92 Å². The summed E-state index contributed by atoms with van der Waals surface area (Å²) < 4.78 is 0. The third-order valence-electron chi connectivity index (χ3n) is 3.56. The highest BCUT2D eigenvalue weighted by Gasteiger charge is 2.41. The monoisotopic (exact) mass is 242 g/mol. The average molecular weight is 242 g/mol. The molecule has 98 valence electrons. The zero-order valence-electron chi connectivity index (χ0n) is 10.9. The summed E-state index contributed by atoms with van der Waals surface area (Å²) in [5, 5.41) is 9.34. The average Bonchev–Trinajstić information content (AvgIpc) is 2.29. The Morgan fingerprint density at radius 2 is 1.82 bits per heavy atom. The molecule has 5 heteroatoms. The molecule has 1 rings (SSSR count). The Hall–Kier alpha value is -1.26. The third kappa shape index (κ3) is 2.90. The summed E-state index contributed by atoms with van der Waals surface area (Å²) in [5.41, 5.74) is -0.613. The van der Waals surface area contributed by atoms with Crippen LogP contribution in [-0.2, 0) is 4.79 Å². The number of carbonyl (C=O) groups excluding carboxylic acids is 1. The Labute approximate surface area is 102 Å². The molecule has 1 aliphatic rings. The maximum Gasteiger partial charge on any atom is 0.319 e. The van der Waals surface area contributed by atoms with Crippen molar-refractivity contribution in [1.82, 2.24) is 9.80 Å². The van der Waals surface area contributed by atoms with Crippen LogP contribution in [0.4, 0.5) is 4.79 Å². The van der Waals surface area contributed by atoms with Crippen LogP contribution >= 0.6 is 0 Å². The van der Waals surface area contributed by atoms with Gasteiger partial charge in [-0.2, -0.15) is 0 Å². The lowest BCUT2D eigenvalue weighted by molar-refractivity contribution is -0.152. The summed E-state index contributed by atoms with van der Waals surface area (Å²) in [6.45, 7) is 3.09. The van der Waals surface area contributed by atoms with E-state index in [0.29, 0.717) is 32.4 Å². The van der Waals surface area contributed by atoms with Gasteiger partial charge in [0.2, 0.25) is 0 Å². The molecule has 0 aromatic heterocycles. The molecule has 0 radical (unpaired) electrons. The highest BCUT2D eigenvalue weighted by molar-refractivity contribution is 5.77. The van der Waals surface area contributed by atoms with Gasteiger partial charge in [-0.05, 0) is 19.3 Å². The molecule has 2 amide bonds. The quantitative estimate of drug-likeness (QED) is 0.818. The summed E-state index contributed by atoms with van der Waals surface area (Å²) in [4.78, 5) is 26.4. The van der Waals surface area contributed by atoms with Crippen molar-refractivity contribution in [3.63, 3.8) is 0 Å². The molecule has 0 spiro atoms. The summed E-state index contributed by atoms with van der Waals surface area (Å²) in [6, 6.07) is -0.0273. The molecule has 0 aliphatic carbocycles. The molecule has 0 aromatic rings. The number of urea groups is 1. The number of nitrogens with zero attached hydrogens (tertiary/aromatic N) is 2. The van der Waals surface area contributed by atoms with Crippen molar-refractivity contribution in [3.8, 4) is 0 Å². The predicted molar refractivity (Wildman–Crippen MR) is 64.9 cm³/mol. The van der Waals surface area contributed by atoms with Gasteiger partial charge in [-0.15, -0.1) is 0 Å². The van der Waals surface area contributed by atoms with Crippen molar-refractivity contribution >= 4 is 12.0 Å². The first-order valence-electron chi connectivity index (χ1n) is 6.12. The summed E-state index contributed by atoms with van der Waals surface area (Å²) in [5.74, 6) is -0.712. The van der Waals surface area contributed by atoms with Gasteiger partial charge < -0.3 is 14.9 Å². The van der Waals surface area contributed by atoms with Gasteiger partial charge in [-0.25, -0.2) is 4.79 Å². The number of piperidine rings is 1. The number of likely N-dealkylation sites (tertiary alicyclic amines) is 1. The van der Waals surface area contributed by atoms with Gasteiger partial charge in [0.1, 0.15) is 0 Å². The summed E-state index contributed by atoms with van der Waals surface area (Å²) in [7, 11) is 3.43. The SMILES string of the molecule is CCCC1(C(=O)O)CCN(C(=O)N(C)C)CC1. The number of rotatable bonds is 3. The molecule has 1 heterocycles. The number of carboxylic acid groups (broad SMARTS) is 1. The minimum atomic E-state index is -0.712. The minimum Gasteiger partial charge on any atom is -0.481 e. The second kappa shape index (κ2) is 5.38. The number of amides is 2. The van der Waals surface area contributed by atoms with E-state index in [1.54, 1.807) is 19.0 Å². The van der Waals surface area contributed by atoms with Crippen LogP contribution in [0.1, 0.15) is 32.6 Å². The molecular weight excluding hydrogens is 220 g/mol. The number of carbonyl (C=O) groups is 2. The lowest BCUT2D eigenvalue weighted by Gasteiger charge is -2.39. The fourth-order valence-corrected chi connectivity index (χ4v) is 2.46. The molecule has 0 bridgehead atoms. The molecule has 1 aliphatic heterocycles. The largest absolute Gasteiger partial charge is 0.481 e. The van der Waals surface area contributed by atoms with Crippen molar-refractivity contribution in [3.05, 3.63) is 0 Å². The predicted octanol–water partition coefficient (Wildman–Crippen LogP) is 1.63. The van der Waals surface area contributed by atoms with Crippen molar-refractivity contribution in [2.75, 3.05) is 27.2 Å². The van der Waals surface area contributed by atoms with Gasteiger partial charge in [-0.1, -0.05) is 13.3 Å². The van der Waals surface area contributed by atoms with E-state index < -0.39 is 11.4 Å². The third-order valence-corrected chi connectivity index (χ3v) is 3.56. The van der Waals surface area contributed by atoms with Gasteiger partial charge in [0, 0.05) is 27.2 Å². The van der Waals surface area contributed by atoms with E-state index >= 15 is 0 Å². The Balaban J connectivity index is 2.65.